The lowest BCUT2D eigenvalue weighted by molar-refractivity contribution is -0.114. The zero-order valence-electron chi connectivity index (χ0n) is 16.1. The zero-order chi connectivity index (χ0) is 21.0. The molecule has 0 radical (unpaired) electrons. The molecule has 0 aliphatic rings. The van der Waals surface area contributed by atoms with E-state index in [9.17, 15) is 13.2 Å². The fraction of sp³-hybridized carbons (Fsp3) is 0.211. The molecule has 1 aromatic heterocycles. The van der Waals surface area contributed by atoms with Crippen molar-refractivity contribution in [3.8, 4) is 0 Å². The summed E-state index contributed by atoms with van der Waals surface area (Å²) < 4.78 is 28.4. The van der Waals surface area contributed by atoms with Crippen molar-refractivity contribution in [1.82, 2.24) is 10.2 Å². The Morgan fingerprint density at radius 3 is 2.45 bits per heavy atom. The van der Waals surface area contributed by atoms with Crippen LogP contribution in [0.5, 0.6) is 0 Å². The first-order valence-corrected chi connectivity index (χ1v) is 12.1. The summed E-state index contributed by atoms with van der Waals surface area (Å²) in [4.78, 5) is 12.7. The Bertz CT molecular complexity index is 1110. The van der Waals surface area contributed by atoms with Gasteiger partial charge in [-0.1, -0.05) is 52.9 Å². The Kier molecular flexibility index (Phi) is 6.56. The van der Waals surface area contributed by atoms with E-state index in [1.54, 1.807) is 42.5 Å². The molecular weight excluding hydrogens is 428 g/mol. The van der Waals surface area contributed by atoms with Gasteiger partial charge in [0.1, 0.15) is 6.54 Å². The number of aryl methyl sites for hydroxylation is 2. The molecule has 1 N–H and O–H groups in total. The first-order chi connectivity index (χ1) is 13.8. The van der Waals surface area contributed by atoms with Crippen LogP contribution in [0.25, 0.3) is 0 Å². The SMILES string of the molecule is CSc1nnc(NC(=O)CN(c2cccc(C)c2)S(=O)(=O)c2ccc(C)cc2)s1. The number of aromatic nitrogens is 2. The smallest absolute Gasteiger partial charge is 0.264 e. The van der Waals surface area contributed by atoms with Gasteiger partial charge in [0, 0.05) is 0 Å². The molecule has 1 heterocycles. The highest BCUT2D eigenvalue weighted by Crippen LogP contribution is 2.26. The number of nitrogens with one attached hydrogen (secondary N) is 1. The highest BCUT2D eigenvalue weighted by molar-refractivity contribution is 8.00. The van der Waals surface area contributed by atoms with Crippen LogP contribution in [-0.2, 0) is 14.8 Å². The van der Waals surface area contributed by atoms with Crippen LogP contribution in [0.4, 0.5) is 10.8 Å². The number of rotatable bonds is 7. The Morgan fingerprint density at radius 2 is 1.83 bits per heavy atom. The van der Waals surface area contributed by atoms with Crippen molar-refractivity contribution in [2.75, 3.05) is 22.4 Å². The average Bonchev–Trinajstić information content (AvgIpc) is 3.14. The molecule has 0 atom stereocenters. The maximum Gasteiger partial charge on any atom is 0.264 e. The largest absolute Gasteiger partial charge is 0.299 e. The molecule has 3 rings (SSSR count). The Labute approximate surface area is 178 Å². The van der Waals surface area contributed by atoms with Crippen molar-refractivity contribution in [2.45, 2.75) is 23.1 Å². The van der Waals surface area contributed by atoms with E-state index in [-0.39, 0.29) is 11.4 Å². The maximum atomic E-state index is 13.3. The van der Waals surface area contributed by atoms with E-state index in [2.05, 4.69) is 15.5 Å². The minimum Gasteiger partial charge on any atom is -0.299 e. The van der Waals surface area contributed by atoms with Gasteiger partial charge in [0.15, 0.2) is 4.34 Å². The van der Waals surface area contributed by atoms with Crippen molar-refractivity contribution in [3.63, 3.8) is 0 Å². The van der Waals surface area contributed by atoms with Crippen LogP contribution < -0.4 is 9.62 Å². The average molecular weight is 449 g/mol. The van der Waals surface area contributed by atoms with E-state index in [4.69, 9.17) is 0 Å². The molecule has 0 aliphatic heterocycles. The van der Waals surface area contributed by atoms with Gasteiger partial charge in [0.25, 0.3) is 10.0 Å². The Hall–Kier alpha value is -2.43. The minimum atomic E-state index is -3.94. The van der Waals surface area contributed by atoms with Crippen molar-refractivity contribution >= 4 is 49.8 Å². The van der Waals surface area contributed by atoms with Gasteiger partial charge in [-0.05, 0) is 49.9 Å². The van der Waals surface area contributed by atoms with Gasteiger partial charge >= 0.3 is 0 Å². The van der Waals surface area contributed by atoms with Gasteiger partial charge in [0.05, 0.1) is 10.6 Å². The first kappa shape index (κ1) is 21.3. The molecular formula is C19H20N4O3S3. The Morgan fingerprint density at radius 1 is 1.10 bits per heavy atom. The number of amides is 1. The monoisotopic (exact) mass is 448 g/mol. The summed E-state index contributed by atoms with van der Waals surface area (Å²) in [7, 11) is -3.94. The lowest BCUT2D eigenvalue weighted by Crippen LogP contribution is -2.38. The molecule has 0 fully saturated rings. The molecule has 7 nitrogen and oxygen atoms in total. The Balaban J connectivity index is 1.92. The van der Waals surface area contributed by atoms with E-state index in [0.717, 1.165) is 15.4 Å². The van der Waals surface area contributed by atoms with Crippen molar-refractivity contribution in [2.24, 2.45) is 0 Å². The highest BCUT2D eigenvalue weighted by Gasteiger charge is 2.27. The standard InChI is InChI=1S/C19H20N4O3S3/c1-13-7-9-16(10-8-13)29(25,26)23(15-6-4-5-14(2)11-15)12-17(24)20-18-21-22-19(27-3)28-18/h4-11H,12H2,1-3H3,(H,20,21,24). The maximum absolute atomic E-state index is 13.3. The molecule has 0 unspecified atom stereocenters. The summed E-state index contributed by atoms with van der Waals surface area (Å²) in [5.74, 6) is -0.494. The van der Waals surface area contributed by atoms with E-state index in [1.165, 1.54) is 23.1 Å². The van der Waals surface area contributed by atoms with Gasteiger partial charge in [-0.3, -0.25) is 14.4 Å². The topological polar surface area (TPSA) is 92.3 Å². The predicted molar refractivity (Wildman–Crippen MR) is 117 cm³/mol. The molecule has 0 saturated heterocycles. The molecule has 0 aliphatic carbocycles. The second-order valence-corrected chi connectivity index (χ2v) is 10.2. The quantitative estimate of drug-likeness (QED) is 0.438. The summed E-state index contributed by atoms with van der Waals surface area (Å²) >= 11 is 2.65. The third-order valence-corrected chi connectivity index (χ3v) is 7.62. The molecule has 152 valence electrons. The van der Waals surface area contributed by atoms with E-state index in [1.807, 2.05) is 26.2 Å². The lowest BCUT2D eigenvalue weighted by atomic mass is 10.2. The second-order valence-electron chi connectivity index (χ2n) is 6.29. The van der Waals surface area contributed by atoms with Gasteiger partial charge in [-0.25, -0.2) is 8.42 Å². The fourth-order valence-corrected chi connectivity index (χ4v) is 5.17. The van der Waals surface area contributed by atoms with Crippen LogP contribution in [0.1, 0.15) is 11.1 Å². The fourth-order valence-electron chi connectivity index (χ4n) is 2.57. The van der Waals surface area contributed by atoms with Gasteiger partial charge in [-0.2, -0.15) is 0 Å². The number of benzene rings is 2. The molecule has 2 aromatic carbocycles. The number of thioether (sulfide) groups is 1. The predicted octanol–water partition coefficient (Wildman–Crippen LogP) is 3.71. The van der Waals surface area contributed by atoms with Gasteiger partial charge in [-0.15, -0.1) is 10.2 Å². The highest BCUT2D eigenvalue weighted by atomic mass is 32.2. The third kappa shape index (κ3) is 5.14. The number of hydrogen-bond acceptors (Lipinski definition) is 7. The minimum absolute atomic E-state index is 0.123. The molecule has 0 spiro atoms. The molecule has 0 bridgehead atoms. The van der Waals surface area contributed by atoms with E-state index in [0.29, 0.717) is 15.2 Å². The first-order valence-electron chi connectivity index (χ1n) is 8.63. The number of carbonyl (C=O) groups is 1. The van der Waals surface area contributed by atoms with Crippen molar-refractivity contribution in [1.29, 1.82) is 0 Å². The van der Waals surface area contributed by atoms with Crippen molar-refractivity contribution < 1.29 is 13.2 Å². The van der Waals surface area contributed by atoms with E-state index < -0.39 is 15.9 Å². The van der Waals surface area contributed by atoms with Crippen LogP contribution in [0.3, 0.4) is 0 Å². The summed E-state index contributed by atoms with van der Waals surface area (Å²) in [6, 6.07) is 13.6. The third-order valence-electron chi connectivity index (χ3n) is 4.01. The van der Waals surface area contributed by atoms with E-state index >= 15 is 0 Å². The molecule has 29 heavy (non-hydrogen) atoms. The molecule has 3 aromatic rings. The van der Waals surface area contributed by atoms with Gasteiger partial charge in [0.2, 0.25) is 11.0 Å². The summed E-state index contributed by atoms with van der Waals surface area (Å²) in [6.07, 6.45) is 1.86. The normalized spacial score (nSPS) is 11.3. The number of hydrogen-bond donors (Lipinski definition) is 1. The van der Waals surface area contributed by atoms with Crippen LogP contribution in [-0.4, -0.2) is 37.3 Å². The number of sulfonamides is 1. The lowest BCUT2D eigenvalue weighted by Gasteiger charge is -2.24. The van der Waals surface area contributed by atoms with Crippen LogP contribution in [0, 0.1) is 13.8 Å². The summed E-state index contributed by atoms with van der Waals surface area (Å²) in [5.41, 5.74) is 2.26. The summed E-state index contributed by atoms with van der Waals surface area (Å²) in [5, 5.41) is 10.8. The van der Waals surface area contributed by atoms with Crippen LogP contribution >= 0.6 is 23.1 Å². The number of nitrogens with zero attached hydrogens (tertiary/aromatic N) is 3. The zero-order valence-corrected chi connectivity index (χ0v) is 18.6. The molecule has 0 saturated carbocycles. The van der Waals surface area contributed by atoms with Crippen molar-refractivity contribution in [3.05, 3.63) is 59.7 Å². The number of anilines is 2. The molecule has 1 amide bonds. The number of carbonyl (C=O) groups excluding carboxylic acids is 1. The van der Waals surface area contributed by atoms with Crippen LogP contribution in [0.15, 0.2) is 57.8 Å². The second kappa shape index (κ2) is 8.93. The summed E-state index contributed by atoms with van der Waals surface area (Å²) in [6.45, 7) is 3.37. The van der Waals surface area contributed by atoms with Crippen LogP contribution in [0.2, 0.25) is 0 Å². The van der Waals surface area contributed by atoms with Gasteiger partial charge < -0.3 is 0 Å². The molecule has 10 heteroatoms.